The Morgan fingerprint density at radius 3 is 1.86 bits per heavy atom. The zero-order valence-corrected chi connectivity index (χ0v) is 19.1. The molecule has 4 aromatic carbocycles. The zero-order valence-electron chi connectivity index (χ0n) is 19.1. The third-order valence-corrected chi connectivity index (χ3v) is 5.80. The molecule has 166 valence electrons. The number of hydrogen-bond donors (Lipinski definition) is 0. The van der Waals surface area contributed by atoms with E-state index in [9.17, 15) is 5.26 Å². The number of fused-ring (bicyclic) bond motifs is 2. The lowest BCUT2D eigenvalue weighted by Gasteiger charge is -2.04. The molecule has 0 unspecified atom stereocenters. The summed E-state index contributed by atoms with van der Waals surface area (Å²) < 4.78 is 6.02. The summed E-state index contributed by atoms with van der Waals surface area (Å²) >= 11 is 0. The van der Waals surface area contributed by atoms with E-state index in [4.69, 9.17) is 5.26 Å². The molecule has 0 aliphatic carbocycles. The summed E-state index contributed by atoms with van der Waals surface area (Å²) in [5.74, 6) is 0. The fraction of sp³-hybridized carbons (Fsp3) is 0.0345. The third-order valence-electron chi connectivity index (χ3n) is 5.80. The lowest BCUT2D eigenvalue weighted by atomic mass is 10.2. The van der Waals surface area contributed by atoms with Gasteiger partial charge in [-0.25, -0.2) is 9.55 Å². The summed E-state index contributed by atoms with van der Waals surface area (Å²) in [7, 11) is 1.99. The quantitative estimate of drug-likeness (QED) is 0.337. The smallest absolute Gasteiger partial charge is 0.249 e. The molecule has 0 saturated carbocycles. The monoisotopic (exact) mass is 453 g/mol. The maximum atomic E-state index is 9.24. The second kappa shape index (κ2) is 9.35. The molecule has 6 nitrogen and oxygen atoms in total. The molecule has 0 saturated heterocycles. The highest BCUT2D eigenvalue weighted by Gasteiger charge is 2.18. The van der Waals surface area contributed by atoms with Gasteiger partial charge in [-0.05, 0) is 48.5 Å². The van der Waals surface area contributed by atoms with Gasteiger partial charge in [-0.15, -0.1) is 0 Å². The van der Waals surface area contributed by atoms with Crippen LogP contribution in [0.15, 0.2) is 110 Å². The fourth-order valence-electron chi connectivity index (χ4n) is 4.18. The highest BCUT2D eigenvalue weighted by atomic mass is 15.1. The summed E-state index contributed by atoms with van der Waals surface area (Å²) in [5, 5.41) is 18.4. The van der Waals surface area contributed by atoms with Crippen LogP contribution in [0.2, 0.25) is 0 Å². The average Bonchev–Trinajstić information content (AvgIpc) is 3.51. The van der Waals surface area contributed by atoms with E-state index in [0.717, 1.165) is 33.4 Å². The van der Waals surface area contributed by atoms with Crippen LogP contribution in [0.3, 0.4) is 0 Å². The number of nitrogens with zero attached hydrogens (tertiary/aromatic N) is 6. The molecule has 6 aromatic rings. The van der Waals surface area contributed by atoms with Crippen molar-refractivity contribution >= 4 is 22.1 Å². The second-order valence-corrected chi connectivity index (χ2v) is 7.95. The van der Waals surface area contributed by atoms with Crippen molar-refractivity contribution in [2.24, 2.45) is 7.05 Å². The summed E-state index contributed by atoms with van der Waals surface area (Å²) in [4.78, 5) is 4.32. The summed E-state index contributed by atoms with van der Waals surface area (Å²) in [6.45, 7) is 0. The van der Waals surface area contributed by atoms with Crippen LogP contribution in [0.1, 0.15) is 11.1 Å². The first kappa shape index (κ1) is 21.6. The Kier molecular flexibility index (Phi) is 5.78. The van der Waals surface area contributed by atoms with Crippen LogP contribution >= 0.6 is 0 Å². The van der Waals surface area contributed by atoms with Gasteiger partial charge in [0.1, 0.15) is 29.7 Å². The number of rotatable bonds is 2. The molecule has 0 bridgehead atoms. The van der Waals surface area contributed by atoms with Crippen molar-refractivity contribution in [2.75, 3.05) is 0 Å². The highest BCUT2D eigenvalue weighted by Crippen LogP contribution is 2.21. The lowest BCUT2D eigenvalue weighted by Crippen LogP contribution is -2.25. The molecule has 0 N–H and O–H groups in total. The Balaban J connectivity index is 0.000000145. The topological polar surface area (TPSA) is 74.2 Å². The van der Waals surface area contributed by atoms with E-state index in [0.29, 0.717) is 11.1 Å². The van der Waals surface area contributed by atoms with E-state index in [1.165, 1.54) is 0 Å². The minimum Gasteiger partial charge on any atom is -0.298 e. The molecule has 0 spiro atoms. The molecule has 2 heterocycles. The number of nitriles is 2. The molecular weight excluding hydrogens is 432 g/mol. The van der Waals surface area contributed by atoms with Gasteiger partial charge in [-0.2, -0.15) is 15.1 Å². The minimum atomic E-state index is 0.642. The van der Waals surface area contributed by atoms with Gasteiger partial charge in [0.05, 0.1) is 23.6 Å². The molecule has 2 aromatic heterocycles. The van der Waals surface area contributed by atoms with Crippen molar-refractivity contribution in [2.45, 2.75) is 0 Å². The Labute approximate surface area is 202 Å². The maximum Gasteiger partial charge on any atom is 0.249 e. The summed E-state index contributed by atoms with van der Waals surface area (Å²) in [5.41, 5.74) is 7.12. The van der Waals surface area contributed by atoms with Crippen molar-refractivity contribution in [3.8, 4) is 23.5 Å². The number of para-hydroxylation sites is 4. The van der Waals surface area contributed by atoms with Gasteiger partial charge in [0.25, 0.3) is 0 Å². The number of hydrogen-bond acceptors (Lipinski definition) is 3. The first-order chi connectivity index (χ1) is 17.2. The van der Waals surface area contributed by atoms with Gasteiger partial charge in [-0.1, -0.05) is 48.5 Å². The average molecular weight is 454 g/mol. The molecule has 0 fully saturated rings. The van der Waals surface area contributed by atoms with E-state index in [-0.39, 0.29) is 0 Å². The molecule has 0 aliphatic heterocycles. The molecule has 35 heavy (non-hydrogen) atoms. The molecular formula is C29H21N6+. The van der Waals surface area contributed by atoms with Gasteiger partial charge in [0.2, 0.25) is 6.33 Å². The van der Waals surface area contributed by atoms with Crippen LogP contribution in [-0.4, -0.2) is 14.1 Å². The van der Waals surface area contributed by atoms with Gasteiger partial charge in [0.15, 0.2) is 11.0 Å². The molecule has 0 aliphatic rings. The normalized spacial score (nSPS) is 10.4. The first-order valence-electron chi connectivity index (χ1n) is 11.1. The number of benzene rings is 4. The van der Waals surface area contributed by atoms with Gasteiger partial charge >= 0.3 is 0 Å². The van der Waals surface area contributed by atoms with Crippen LogP contribution < -0.4 is 4.57 Å². The first-order valence-corrected chi connectivity index (χ1v) is 11.1. The van der Waals surface area contributed by atoms with Gasteiger partial charge in [0, 0.05) is 5.69 Å². The van der Waals surface area contributed by atoms with E-state index < -0.39 is 0 Å². The molecule has 6 rings (SSSR count). The molecule has 0 radical (unpaired) electrons. The van der Waals surface area contributed by atoms with Crippen LogP contribution in [0.5, 0.6) is 0 Å². The molecule has 0 atom stereocenters. The highest BCUT2D eigenvalue weighted by molar-refractivity contribution is 5.83. The Hall–Kier alpha value is -5.20. The Bertz CT molecular complexity index is 1710. The predicted molar refractivity (Wildman–Crippen MR) is 135 cm³/mol. The summed E-state index contributed by atoms with van der Waals surface area (Å²) in [6, 6.07) is 35.8. The predicted octanol–water partition coefficient (Wildman–Crippen LogP) is 5.22. The summed E-state index contributed by atoms with van der Waals surface area (Å²) in [6.07, 6.45) is 3.75. The molecule has 0 amide bonds. The van der Waals surface area contributed by atoms with Crippen molar-refractivity contribution in [1.29, 1.82) is 10.5 Å². The largest absolute Gasteiger partial charge is 0.298 e. The number of aromatic nitrogens is 4. The van der Waals surface area contributed by atoms with E-state index >= 15 is 0 Å². The van der Waals surface area contributed by atoms with Crippen molar-refractivity contribution in [1.82, 2.24) is 14.1 Å². The van der Waals surface area contributed by atoms with Gasteiger partial charge in [-0.3, -0.25) is 4.57 Å². The standard InChI is InChI=1S/C15H12N3.C14H9N3/c1-17-11-18(13-7-3-2-4-8-13)15-12(10-16)6-5-9-14(15)17;15-9-11-5-4-8-13-14(11)17(10-16-13)12-6-2-1-3-7-12/h2-9,11H,1H3;1-8,10H/q+1;. The van der Waals surface area contributed by atoms with Crippen LogP contribution in [-0.2, 0) is 7.05 Å². The Morgan fingerprint density at radius 2 is 1.23 bits per heavy atom. The number of aryl methyl sites for hydroxylation is 1. The van der Waals surface area contributed by atoms with E-state index in [1.54, 1.807) is 6.33 Å². The number of imidazole rings is 2. The lowest BCUT2D eigenvalue weighted by molar-refractivity contribution is -0.645. The van der Waals surface area contributed by atoms with Crippen molar-refractivity contribution < 1.29 is 4.57 Å². The van der Waals surface area contributed by atoms with Crippen LogP contribution in [0, 0.1) is 22.7 Å². The Morgan fingerprint density at radius 1 is 0.657 bits per heavy atom. The second-order valence-electron chi connectivity index (χ2n) is 7.95. The van der Waals surface area contributed by atoms with Gasteiger partial charge < -0.3 is 0 Å². The van der Waals surface area contributed by atoms with Crippen LogP contribution in [0.4, 0.5) is 0 Å². The van der Waals surface area contributed by atoms with Crippen LogP contribution in [0.25, 0.3) is 33.4 Å². The zero-order chi connectivity index (χ0) is 24.2. The maximum absolute atomic E-state index is 9.24. The SMILES string of the molecule is C[n+]1cn(-c2ccccc2)c2c(C#N)cccc21.N#Cc1cccc2ncn(-c3ccccc3)c12. The fourth-order valence-corrected chi connectivity index (χ4v) is 4.18. The van der Waals surface area contributed by atoms with Crippen molar-refractivity contribution in [3.63, 3.8) is 0 Å². The van der Waals surface area contributed by atoms with E-state index in [2.05, 4.69) is 17.1 Å². The third kappa shape index (κ3) is 4.01. The van der Waals surface area contributed by atoms with Crippen molar-refractivity contribution in [3.05, 3.63) is 121 Å². The molecule has 6 heteroatoms. The minimum absolute atomic E-state index is 0.642. The van der Waals surface area contributed by atoms with E-state index in [1.807, 2.05) is 124 Å².